The molecule has 0 aliphatic heterocycles. The average Bonchev–Trinajstić information content (AvgIpc) is 2.59. The van der Waals surface area contributed by atoms with Crippen molar-refractivity contribution >= 4 is 5.91 Å². The first kappa shape index (κ1) is 19.0. The van der Waals surface area contributed by atoms with Gasteiger partial charge >= 0.3 is 6.18 Å². The van der Waals surface area contributed by atoms with Crippen molar-refractivity contribution in [2.75, 3.05) is 13.1 Å². The molecule has 0 atom stereocenters. The third-order valence-corrected chi connectivity index (χ3v) is 3.84. The van der Waals surface area contributed by atoms with Gasteiger partial charge in [0.25, 0.3) is 0 Å². The Hall–Kier alpha value is -2.34. The van der Waals surface area contributed by atoms with Gasteiger partial charge in [0.15, 0.2) is 0 Å². The molecule has 0 aliphatic carbocycles. The summed E-state index contributed by atoms with van der Waals surface area (Å²) >= 11 is 0. The number of amides is 1. The highest BCUT2D eigenvalue weighted by atomic mass is 19.4. The highest BCUT2D eigenvalue weighted by Crippen LogP contribution is 2.29. The molecule has 0 heterocycles. The van der Waals surface area contributed by atoms with Crippen LogP contribution in [0.3, 0.4) is 0 Å². The lowest BCUT2D eigenvalue weighted by atomic mass is 10.1. The number of nitrogens with two attached hydrogens (primary N) is 1. The van der Waals surface area contributed by atoms with Crippen molar-refractivity contribution in [3.63, 3.8) is 0 Å². The first-order chi connectivity index (χ1) is 11.9. The van der Waals surface area contributed by atoms with E-state index in [-0.39, 0.29) is 12.3 Å². The summed E-state index contributed by atoms with van der Waals surface area (Å²) in [5, 5.41) is 0. The Balaban J connectivity index is 2.05. The van der Waals surface area contributed by atoms with Gasteiger partial charge in [-0.1, -0.05) is 42.5 Å². The van der Waals surface area contributed by atoms with Crippen molar-refractivity contribution < 1.29 is 18.0 Å². The van der Waals surface area contributed by atoms with E-state index in [0.29, 0.717) is 31.6 Å². The fourth-order valence-electron chi connectivity index (χ4n) is 2.48. The Labute approximate surface area is 145 Å². The van der Waals surface area contributed by atoms with E-state index in [1.54, 1.807) is 4.90 Å². The maximum absolute atomic E-state index is 12.6. The van der Waals surface area contributed by atoms with Gasteiger partial charge in [-0.15, -0.1) is 0 Å². The zero-order valence-corrected chi connectivity index (χ0v) is 13.8. The van der Waals surface area contributed by atoms with E-state index in [1.807, 2.05) is 30.3 Å². The lowest BCUT2D eigenvalue weighted by molar-refractivity contribution is -0.137. The van der Waals surface area contributed by atoms with Crippen molar-refractivity contribution in [3.05, 3.63) is 71.3 Å². The number of rotatable bonds is 7. The molecule has 2 aromatic rings. The summed E-state index contributed by atoms with van der Waals surface area (Å²) in [5.41, 5.74) is 6.38. The van der Waals surface area contributed by atoms with Gasteiger partial charge in [-0.05, 0) is 36.2 Å². The van der Waals surface area contributed by atoms with E-state index in [9.17, 15) is 18.0 Å². The molecule has 0 saturated heterocycles. The van der Waals surface area contributed by atoms with Gasteiger partial charge in [0.05, 0.1) is 12.0 Å². The fraction of sp³-hybridized carbons (Fsp3) is 0.316. The van der Waals surface area contributed by atoms with E-state index in [1.165, 1.54) is 12.1 Å². The van der Waals surface area contributed by atoms with Crippen molar-refractivity contribution in [3.8, 4) is 0 Å². The van der Waals surface area contributed by atoms with Crippen LogP contribution in [0.2, 0.25) is 0 Å². The van der Waals surface area contributed by atoms with Crippen molar-refractivity contribution in [2.45, 2.75) is 25.6 Å². The number of halogens is 3. The number of hydrogen-bond acceptors (Lipinski definition) is 2. The molecular weight excluding hydrogens is 329 g/mol. The molecule has 0 radical (unpaired) electrons. The molecule has 2 N–H and O–H groups in total. The van der Waals surface area contributed by atoms with Gasteiger partial charge < -0.3 is 10.6 Å². The molecule has 3 nitrogen and oxygen atoms in total. The standard InChI is InChI=1S/C19H21F3N2O/c20-19(21,22)17-9-7-15(8-10-17)13-18(25)24(12-4-11-23)14-16-5-2-1-3-6-16/h1-3,5-10H,4,11-14,23H2. The predicted octanol–water partition coefficient (Wildman–Crippen LogP) is 3.63. The molecule has 0 saturated carbocycles. The summed E-state index contributed by atoms with van der Waals surface area (Å²) < 4.78 is 37.8. The molecule has 0 spiro atoms. The topological polar surface area (TPSA) is 46.3 Å². The van der Waals surface area contributed by atoms with Gasteiger partial charge in [-0.3, -0.25) is 4.79 Å². The number of alkyl halides is 3. The Kier molecular flexibility index (Phi) is 6.58. The normalized spacial score (nSPS) is 11.4. The van der Waals surface area contributed by atoms with Crippen LogP contribution in [-0.2, 0) is 23.9 Å². The van der Waals surface area contributed by atoms with Gasteiger partial charge in [0, 0.05) is 13.1 Å². The highest BCUT2D eigenvalue weighted by molar-refractivity contribution is 5.78. The number of carbonyl (C=O) groups excluding carboxylic acids is 1. The van der Waals surface area contributed by atoms with Crippen LogP contribution in [0.4, 0.5) is 13.2 Å². The lowest BCUT2D eigenvalue weighted by Crippen LogP contribution is -2.33. The van der Waals surface area contributed by atoms with Crippen LogP contribution in [0.5, 0.6) is 0 Å². The smallest absolute Gasteiger partial charge is 0.338 e. The molecule has 25 heavy (non-hydrogen) atoms. The summed E-state index contributed by atoms with van der Waals surface area (Å²) in [7, 11) is 0. The van der Waals surface area contributed by atoms with Gasteiger partial charge in [0.2, 0.25) is 5.91 Å². The number of hydrogen-bond donors (Lipinski definition) is 1. The van der Waals surface area contributed by atoms with Crippen molar-refractivity contribution in [1.29, 1.82) is 0 Å². The van der Waals surface area contributed by atoms with E-state index >= 15 is 0 Å². The fourth-order valence-corrected chi connectivity index (χ4v) is 2.48. The second-order valence-electron chi connectivity index (χ2n) is 5.81. The van der Waals surface area contributed by atoms with Gasteiger partial charge in [-0.2, -0.15) is 13.2 Å². The maximum Gasteiger partial charge on any atom is 0.416 e. The number of nitrogens with zero attached hydrogens (tertiary/aromatic N) is 1. The molecular formula is C19H21F3N2O. The third kappa shape index (κ3) is 5.90. The Morgan fingerprint density at radius 1 is 0.960 bits per heavy atom. The zero-order valence-electron chi connectivity index (χ0n) is 13.8. The zero-order chi connectivity index (χ0) is 18.3. The molecule has 134 valence electrons. The minimum Gasteiger partial charge on any atom is -0.338 e. The molecule has 0 aromatic heterocycles. The third-order valence-electron chi connectivity index (χ3n) is 3.84. The van der Waals surface area contributed by atoms with E-state index in [2.05, 4.69) is 0 Å². The van der Waals surface area contributed by atoms with Crippen LogP contribution < -0.4 is 5.73 Å². The summed E-state index contributed by atoms with van der Waals surface area (Å²) in [4.78, 5) is 14.3. The first-order valence-electron chi connectivity index (χ1n) is 8.08. The van der Waals surface area contributed by atoms with Crippen LogP contribution in [0.1, 0.15) is 23.1 Å². The quantitative estimate of drug-likeness (QED) is 0.829. The minimum atomic E-state index is -4.37. The number of carbonyl (C=O) groups is 1. The molecule has 0 bridgehead atoms. The minimum absolute atomic E-state index is 0.0650. The Bertz CT molecular complexity index is 669. The largest absolute Gasteiger partial charge is 0.416 e. The highest BCUT2D eigenvalue weighted by Gasteiger charge is 2.30. The molecule has 1 amide bonds. The van der Waals surface area contributed by atoms with Crippen molar-refractivity contribution in [1.82, 2.24) is 4.90 Å². The molecule has 2 rings (SSSR count). The van der Waals surface area contributed by atoms with E-state index in [0.717, 1.165) is 17.7 Å². The monoisotopic (exact) mass is 350 g/mol. The number of benzene rings is 2. The van der Waals surface area contributed by atoms with Crippen LogP contribution >= 0.6 is 0 Å². The van der Waals surface area contributed by atoms with E-state index < -0.39 is 11.7 Å². The Morgan fingerprint density at radius 2 is 1.60 bits per heavy atom. The molecule has 0 unspecified atom stereocenters. The first-order valence-corrected chi connectivity index (χ1v) is 8.08. The summed E-state index contributed by atoms with van der Waals surface area (Å²) in [5.74, 6) is -0.128. The summed E-state index contributed by atoms with van der Waals surface area (Å²) in [6.07, 6.45) is -3.63. The van der Waals surface area contributed by atoms with Crippen LogP contribution in [0.15, 0.2) is 54.6 Å². The molecule has 0 aliphatic rings. The van der Waals surface area contributed by atoms with Crippen LogP contribution in [0, 0.1) is 0 Å². The second-order valence-corrected chi connectivity index (χ2v) is 5.81. The molecule has 2 aromatic carbocycles. The summed E-state index contributed by atoms with van der Waals surface area (Å²) in [6, 6.07) is 14.3. The van der Waals surface area contributed by atoms with Crippen LogP contribution in [0.25, 0.3) is 0 Å². The SMILES string of the molecule is NCCCN(Cc1ccccc1)C(=O)Cc1ccc(C(F)(F)F)cc1. The molecule has 0 fully saturated rings. The van der Waals surface area contributed by atoms with Gasteiger partial charge in [0.1, 0.15) is 0 Å². The molecule has 6 heteroatoms. The Morgan fingerprint density at radius 3 is 2.16 bits per heavy atom. The lowest BCUT2D eigenvalue weighted by Gasteiger charge is -2.23. The van der Waals surface area contributed by atoms with Crippen molar-refractivity contribution in [2.24, 2.45) is 5.73 Å². The summed E-state index contributed by atoms with van der Waals surface area (Å²) in [6.45, 7) is 1.45. The maximum atomic E-state index is 12.6. The predicted molar refractivity (Wildman–Crippen MR) is 90.7 cm³/mol. The second kappa shape index (κ2) is 8.67. The van der Waals surface area contributed by atoms with Gasteiger partial charge in [-0.25, -0.2) is 0 Å². The van der Waals surface area contributed by atoms with Crippen LogP contribution in [-0.4, -0.2) is 23.9 Å². The van der Waals surface area contributed by atoms with E-state index in [4.69, 9.17) is 5.73 Å². The average molecular weight is 350 g/mol.